The van der Waals surface area contributed by atoms with E-state index in [0.717, 1.165) is 22.0 Å². The van der Waals surface area contributed by atoms with Crippen molar-refractivity contribution >= 4 is 21.7 Å². The second-order valence-corrected chi connectivity index (χ2v) is 10.7. The predicted octanol–water partition coefficient (Wildman–Crippen LogP) is 5.95. The summed E-state index contributed by atoms with van der Waals surface area (Å²) in [4.78, 5) is 16.0. The molecule has 0 atom stereocenters. The summed E-state index contributed by atoms with van der Waals surface area (Å²) in [6.45, 7) is -0.313. The molecule has 4 rings (SSSR count). The fraction of sp³-hybridized carbons (Fsp3) is 0.143. The largest absolute Gasteiger partial charge is 0.416 e. The zero-order chi connectivity index (χ0) is 28.8. The monoisotopic (exact) mass is 572 g/mol. The molecule has 0 aliphatic carbocycles. The van der Waals surface area contributed by atoms with Gasteiger partial charge in [-0.1, -0.05) is 30.3 Å². The van der Waals surface area contributed by atoms with Crippen LogP contribution in [0, 0.1) is 5.82 Å². The number of alkyl halides is 3. The molecule has 2 N–H and O–H groups in total. The minimum Gasteiger partial charge on any atom is -0.334 e. The lowest BCUT2D eigenvalue weighted by Gasteiger charge is -2.23. The first-order valence-electron chi connectivity index (χ1n) is 12.0. The van der Waals surface area contributed by atoms with Crippen LogP contribution in [0.2, 0.25) is 0 Å². The summed E-state index contributed by atoms with van der Waals surface area (Å²) >= 11 is 0. The summed E-state index contributed by atoms with van der Waals surface area (Å²) in [5.41, 5.74) is 0.843. The summed E-state index contributed by atoms with van der Waals surface area (Å²) in [5.74, 6) is -0.510. The molecular weight excluding hydrogens is 548 g/mol. The number of hydrogen-bond donors (Lipinski definition) is 2. The van der Waals surface area contributed by atoms with E-state index in [9.17, 15) is 30.8 Å². The van der Waals surface area contributed by atoms with E-state index in [-0.39, 0.29) is 30.1 Å². The molecule has 0 saturated heterocycles. The molecule has 0 unspecified atom stereocenters. The van der Waals surface area contributed by atoms with Crippen LogP contribution in [0.15, 0.2) is 102 Å². The van der Waals surface area contributed by atoms with Crippen molar-refractivity contribution in [3.05, 3.63) is 125 Å². The van der Waals surface area contributed by atoms with Crippen LogP contribution in [-0.2, 0) is 35.8 Å². The fourth-order valence-electron chi connectivity index (χ4n) is 3.79. The lowest BCUT2D eigenvalue weighted by Crippen LogP contribution is -2.30. The van der Waals surface area contributed by atoms with Crippen LogP contribution in [-0.4, -0.2) is 23.7 Å². The van der Waals surface area contributed by atoms with Gasteiger partial charge in [-0.05, 0) is 71.3 Å². The van der Waals surface area contributed by atoms with Crippen molar-refractivity contribution in [2.24, 2.45) is 0 Å². The van der Waals surface area contributed by atoms with E-state index < -0.39 is 33.6 Å². The first kappa shape index (κ1) is 28.7. The molecule has 7 nitrogen and oxygen atoms in total. The molecule has 0 fully saturated rings. The van der Waals surface area contributed by atoms with E-state index in [4.69, 9.17) is 0 Å². The molecule has 0 spiro atoms. The minimum atomic E-state index is -4.59. The van der Waals surface area contributed by atoms with Gasteiger partial charge in [0.1, 0.15) is 5.82 Å². The molecule has 0 aliphatic rings. The highest BCUT2D eigenvalue weighted by atomic mass is 32.2. The van der Waals surface area contributed by atoms with Crippen LogP contribution >= 0.6 is 0 Å². The SMILES string of the molecule is O=C(NCc1ccncc1)Nc1ccc(S(=O)(=O)N(Cc2ccc(F)cc2)Cc2cccc(C(F)(F)F)c2)cc1. The van der Waals surface area contributed by atoms with Crippen molar-refractivity contribution in [3.8, 4) is 0 Å². The number of urea groups is 1. The van der Waals surface area contributed by atoms with Crippen molar-refractivity contribution in [2.45, 2.75) is 30.7 Å². The third kappa shape index (κ3) is 7.64. The van der Waals surface area contributed by atoms with Crippen molar-refractivity contribution in [2.75, 3.05) is 5.32 Å². The Balaban J connectivity index is 1.53. The summed E-state index contributed by atoms with van der Waals surface area (Å²) in [7, 11) is -4.22. The maximum Gasteiger partial charge on any atom is 0.416 e. The number of amides is 2. The predicted molar refractivity (Wildman–Crippen MR) is 141 cm³/mol. The molecule has 1 aromatic heterocycles. The van der Waals surface area contributed by atoms with Gasteiger partial charge >= 0.3 is 12.2 Å². The van der Waals surface area contributed by atoms with Gasteiger partial charge < -0.3 is 10.6 Å². The van der Waals surface area contributed by atoms with E-state index in [1.807, 2.05) is 0 Å². The standard InChI is InChI=1S/C28H24F4N4O3S/c29-24-6-4-21(5-7-24)18-36(19-22-2-1-3-23(16-22)28(30,31)32)40(38,39)26-10-8-25(9-11-26)35-27(37)34-17-20-12-14-33-15-13-20/h1-16H,17-19H2,(H2,34,35,37). The Morgan fingerprint density at radius 2 is 1.48 bits per heavy atom. The van der Waals surface area contributed by atoms with Gasteiger partial charge in [-0.2, -0.15) is 17.5 Å². The number of sulfonamides is 1. The van der Waals surface area contributed by atoms with Gasteiger partial charge in [0.15, 0.2) is 0 Å². The summed E-state index contributed by atoms with van der Waals surface area (Å²) in [6.07, 6.45) is -1.40. The zero-order valence-electron chi connectivity index (χ0n) is 20.9. The minimum absolute atomic E-state index is 0.129. The first-order chi connectivity index (χ1) is 19.0. The van der Waals surface area contributed by atoms with Crippen molar-refractivity contribution in [1.82, 2.24) is 14.6 Å². The Labute approximate surface area is 228 Å². The number of hydrogen-bond acceptors (Lipinski definition) is 4. The number of pyridine rings is 1. The van der Waals surface area contributed by atoms with Crippen LogP contribution in [0.1, 0.15) is 22.3 Å². The van der Waals surface area contributed by atoms with E-state index in [1.54, 1.807) is 24.5 Å². The molecule has 0 saturated carbocycles. The summed E-state index contributed by atoms with van der Waals surface area (Å²) in [5, 5.41) is 5.28. The number of aromatic nitrogens is 1. The van der Waals surface area contributed by atoms with Crippen LogP contribution in [0.3, 0.4) is 0 Å². The number of nitrogens with zero attached hydrogens (tertiary/aromatic N) is 2. The van der Waals surface area contributed by atoms with Crippen LogP contribution in [0.5, 0.6) is 0 Å². The first-order valence-corrected chi connectivity index (χ1v) is 13.4. The summed E-state index contributed by atoms with van der Waals surface area (Å²) in [6, 6.07) is 17.9. The number of benzene rings is 3. The number of anilines is 1. The lowest BCUT2D eigenvalue weighted by molar-refractivity contribution is -0.137. The van der Waals surface area contributed by atoms with E-state index in [1.165, 1.54) is 60.7 Å². The Kier molecular flexibility index (Phi) is 8.80. The van der Waals surface area contributed by atoms with E-state index in [0.29, 0.717) is 11.3 Å². The maximum absolute atomic E-state index is 13.6. The van der Waals surface area contributed by atoms with Crippen LogP contribution in [0.25, 0.3) is 0 Å². The molecule has 4 aromatic rings. The molecule has 0 aliphatic heterocycles. The molecule has 40 heavy (non-hydrogen) atoms. The maximum atomic E-state index is 13.6. The smallest absolute Gasteiger partial charge is 0.334 e. The zero-order valence-corrected chi connectivity index (χ0v) is 21.7. The average molecular weight is 573 g/mol. The van der Waals surface area contributed by atoms with Gasteiger partial charge in [-0.15, -0.1) is 0 Å². The number of halogens is 4. The third-order valence-electron chi connectivity index (χ3n) is 5.84. The second-order valence-electron chi connectivity index (χ2n) is 8.79. The number of nitrogens with one attached hydrogen (secondary N) is 2. The molecule has 3 aromatic carbocycles. The van der Waals surface area contributed by atoms with Gasteiger partial charge in [0.2, 0.25) is 10.0 Å². The van der Waals surface area contributed by atoms with Gasteiger partial charge in [0.25, 0.3) is 0 Å². The van der Waals surface area contributed by atoms with E-state index >= 15 is 0 Å². The molecule has 0 radical (unpaired) electrons. The van der Waals surface area contributed by atoms with Gasteiger partial charge in [-0.25, -0.2) is 17.6 Å². The highest BCUT2D eigenvalue weighted by molar-refractivity contribution is 7.89. The molecule has 0 bridgehead atoms. The van der Waals surface area contributed by atoms with Gasteiger partial charge in [0, 0.05) is 37.7 Å². The number of carbonyl (C=O) groups is 1. The van der Waals surface area contributed by atoms with Crippen LogP contribution in [0.4, 0.5) is 28.0 Å². The third-order valence-corrected chi connectivity index (χ3v) is 7.64. The Bertz CT molecular complexity index is 1550. The van der Waals surface area contributed by atoms with Crippen molar-refractivity contribution in [3.63, 3.8) is 0 Å². The molecule has 2 amide bonds. The second kappa shape index (κ2) is 12.3. The van der Waals surface area contributed by atoms with E-state index in [2.05, 4.69) is 15.6 Å². The topological polar surface area (TPSA) is 91.4 Å². The Hall–Kier alpha value is -4.29. The number of carbonyl (C=O) groups excluding carboxylic acids is 1. The fourth-order valence-corrected chi connectivity index (χ4v) is 5.20. The lowest BCUT2D eigenvalue weighted by atomic mass is 10.1. The Morgan fingerprint density at radius 3 is 2.12 bits per heavy atom. The molecule has 1 heterocycles. The number of rotatable bonds is 9. The van der Waals surface area contributed by atoms with Gasteiger partial charge in [0.05, 0.1) is 10.5 Å². The quantitative estimate of drug-likeness (QED) is 0.243. The highest BCUT2D eigenvalue weighted by Crippen LogP contribution is 2.30. The van der Waals surface area contributed by atoms with Crippen molar-refractivity contribution in [1.29, 1.82) is 0 Å². The summed E-state index contributed by atoms with van der Waals surface area (Å²) < 4.78 is 81.4. The normalized spacial score (nSPS) is 11.8. The van der Waals surface area contributed by atoms with Crippen LogP contribution < -0.4 is 10.6 Å². The molecule has 12 heteroatoms. The molecule has 208 valence electrons. The van der Waals surface area contributed by atoms with Gasteiger partial charge in [-0.3, -0.25) is 4.98 Å². The van der Waals surface area contributed by atoms with Crippen molar-refractivity contribution < 1.29 is 30.8 Å². The Morgan fingerprint density at radius 1 is 0.825 bits per heavy atom. The highest BCUT2D eigenvalue weighted by Gasteiger charge is 2.31. The average Bonchev–Trinajstić information content (AvgIpc) is 2.93. The molecular formula is C28H24F4N4O3S.